The molecular weight excluding hydrogens is 400 g/mol. The summed E-state index contributed by atoms with van der Waals surface area (Å²) in [6, 6.07) is 12.2. The fourth-order valence-corrected chi connectivity index (χ4v) is 3.45. The van der Waals surface area contributed by atoms with Crippen LogP contribution >= 0.6 is 0 Å². The number of esters is 1. The van der Waals surface area contributed by atoms with E-state index in [1.165, 1.54) is 6.07 Å². The molecule has 160 valence electrons. The van der Waals surface area contributed by atoms with Gasteiger partial charge in [0.15, 0.2) is 17.4 Å². The maximum Gasteiger partial charge on any atom is 0.347 e. The highest BCUT2D eigenvalue weighted by atomic mass is 16.6. The van der Waals surface area contributed by atoms with Crippen LogP contribution in [0.5, 0.6) is 11.5 Å². The molecule has 0 saturated heterocycles. The van der Waals surface area contributed by atoms with Crippen molar-refractivity contribution in [3.63, 3.8) is 0 Å². The molecule has 7 heteroatoms. The van der Waals surface area contributed by atoms with E-state index >= 15 is 0 Å². The van der Waals surface area contributed by atoms with E-state index in [4.69, 9.17) is 23.0 Å². The van der Waals surface area contributed by atoms with Crippen molar-refractivity contribution in [2.75, 3.05) is 13.7 Å². The number of para-hydroxylation sites is 1. The number of methoxy groups -OCH3 is 1. The zero-order valence-corrected chi connectivity index (χ0v) is 17.7. The number of hydrogen-bond acceptors (Lipinski definition) is 7. The number of carbonyl (C=O) groups is 1. The van der Waals surface area contributed by atoms with E-state index in [1.807, 2.05) is 25.1 Å². The van der Waals surface area contributed by atoms with Crippen LogP contribution in [0.3, 0.4) is 0 Å². The maximum absolute atomic E-state index is 12.2. The number of hydrogen-bond donors (Lipinski definition) is 0. The first-order valence-corrected chi connectivity index (χ1v) is 9.90. The first-order valence-electron chi connectivity index (χ1n) is 9.90. The van der Waals surface area contributed by atoms with Gasteiger partial charge in [0.2, 0.25) is 0 Å². The lowest BCUT2D eigenvalue weighted by atomic mass is 10.0. The van der Waals surface area contributed by atoms with Gasteiger partial charge >= 0.3 is 11.6 Å². The lowest BCUT2D eigenvalue weighted by molar-refractivity contribution is -0.150. The van der Waals surface area contributed by atoms with Crippen LogP contribution in [0, 0.1) is 6.92 Å². The lowest BCUT2D eigenvalue weighted by Gasteiger charge is -2.16. The second-order valence-corrected chi connectivity index (χ2v) is 7.09. The smallest absolute Gasteiger partial charge is 0.347 e. The minimum atomic E-state index is -0.786. The average molecular weight is 422 g/mol. The highest BCUT2D eigenvalue weighted by molar-refractivity contribution is 5.96. The van der Waals surface area contributed by atoms with Crippen molar-refractivity contribution in [3.05, 3.63) is 58.4 Å². The molecule has 7 nitrogen and oxygen atoms in total. The predicted molar refractivity (Wildman–Crippen MR) is 116 cm³/mol. The van der Waals surface area contributed by atoms with Crippen molar-refractivity contribution in [1.82, 2.24) is 0 Å². The SMILES string of the molecule is CCOC(=O)C(C)Oc1cc2c(-c3cc4cccc(OC)c4o3)cc(=O)oc2cc1C. The normalized spacial score (nSPS) is 12.1. The molecule has 0 spiro atoms. The van der Waals surface area contributed by atoms with Crippen LogP contribution in [0.15, 0.2) is 56.1 Å². The average Bonchev–Trinajstić information content (AvgIpc) is 3.18. The molecule has 0 fully saturated rings. The van der Waals surface area contributed by atoms with E-state index in [-0.39, 0.29) is 6.61 Å². The van der Waals surface area contributed by atoms with E-state index in [9.17, 15) is 9.59 Å². The number of benzene rings is 2. The zero-order valence-electron chi connectivity index (χ0n) is 17.7. The molecule has 0 bridgehead atoms. The van der Waals surface area contributed by atoms with Crippen LogP contribution < -0.4 is 15.1 Å². The molecule has 2 aromatic heterocycles. The summed E-state index contributed by atoms with van der Waals surface area (Å²) < 4.78 is 27.7. The molecule has 31 heavy (non-hydrogen) atoms. The summed E-state index contributed by atoms with van der Waals surface area (Å²) in [6.45, 7) is 5.45. The van der Waals surface area contributed by atoms with E-state index in [2.05, 4.69) is 0 Å². The summed E-state index contributed by atoms with van der Waals surface area (Å²) in [5.41, 5.74) is 1.75. The minimum absolute atomic E-state index is 0.272. The van der Waals surface area contributed by atoms with E-state index in [1.54, 1.807) is 39.2 Å². The number of aryl methyl sites for hydroxylation is 1. The van der Waals surface area contributed by atoms with Gasteiger partial charge in [0.25, 0.3) is 0 Å². The van der Waals surface area contributed by atoms with Crippen LogP contribution in [0.25, 0.3) is 33.3 Å². The van der Waals surface area contributed by atoms with E-state index in [0.717, 1.165) is 10.9 Å². The Labute approximate surface area is 178 Å². The highest BCUT2D eigenvalue weighted by Crippen LogP contribution is 2.37. The van der Waals surface area contributed by atoms with Gasteiger partial charge in [0.05, 0.1) is 13.7 Å². The Balaban J connectivity index is 1.86. The summed E-state index contributed by atoms with van der Waals surface area (Å²) in [6.07, 6.45) is -0.786. The van der Waals surface area contributed by atoms with Gasteiger partial charge in [0, 0.05) is 22.4 Å². The molecule has 4 rings (SSSR count). The Kier molecular flexibility index (Phi) is 5.42. The zero-order chi connectivity index (χ0) is 22.1. The van der Waals surface area contributed by atoms with Crippen molar-refractivity contribution < 1.29 is 27.8 Å². The second-order valence-electron chi connectivity index (χ2n) is 7.09. The Morgan fingerprint density at radius 2 is 1.90 bits per heavy atom. The topological polar surface area (TPSA) is 88.1 Å². The highest BCUT2D eigenvalue weighted by Gasteiger charge is 2.20. The molecule has 0 aliphatic carbocycles. The fourth-order valence-electron chi connectivity index (χ4n) is 3.45. The molecule has 1 atom stereocenters. The molecule has 0 N–H and O–H groups in total. The largest absolute Gasteiger partial charge is 0.493 e. The van der Waals surface area contributed by atoms with Gasteiger partial charge in [-0.25, -0.2) is 9.59 Å². The first kappa shape index (κ1) is 20.5. The first-order chi connectivity index (χ1) is 14.9. The van der Waals surface area contributed by atoms with Crippen molar-refractivity contribution in [1.29, 1.82) is 0 Å². The van der Waals surface area contributed by atoms with Gasteiger partial charge in [0.1, 0.15) is 17.1 Å². The lowest BCUT2D eigenvalue weighted by Crippen LogP contribution is -2.26. The van der Waals surface area contributed by atoms with Crippen LogP contribution in [-0.2, 0) is 9.53 Å². The molecule has 2 aromatic carbocycles. The minimum Gasteiger partial charge on any atom is -0.493 e. The van der Waals surface area contributed by atoms with Gasteiger partial charge in [-0.05, 0) is 50.6 Å². The molecule has 4 aromatic rings. The Morgan fingerprint density at radius 1 is 1.10 bits per heavy atom. The number of carbonyl (C=O) groups excluding carboxylic acids is 1. The van der Waals surface area contributed by atoms with Crippen molar-refractivity contribution >= 4 is 27.9 Å². The summed E-state index contributed by atoms with van der Waals surface area (Å²) >= 11 is 0. The quantitative estimate of drug-likeness (QED) is 0.324. The third-order valence-corrected chi connectivity index (χ3v) is 4.96. The fraction of sp³-hybridized carbons (Fsp3) is 0.250. The van der Waals surface area contributed by atoms with Gasteiger partial charge in [-0.3, -0.25) is 0 Å². The number of furan rings is 1. The Hall–Kier alpha value is -3.74. The van der Waals surface area contributed by atoms with Crippen LogP contribution in [0.4, 0.5) is 0 Å². The van der Waals surface area contributed by atoms with E-state index in [0.29, 0.717) is 39.4 Å². The number of fused-ring (bicyclic) bond motifs is 2. The van der Waals surface area contributed by atoms with Crippen molar-refractivity contribution in [3.8, 4) is 22.8 Å². The third-order valence-electron chi connectivity index (χ3n) is 4.96. The summed E-state index contributed by atoms with van der Waals surface area (Å²) in [4.78, 5) is 24.2. The molecule has 0 radical (unpaired) electrons. The summed E-state index contributed by atoms with van der Waals surface area (Å²) in [7, 11) is 1.57. The molecule has 0 aliphatic rings. The molecule has 1 unspecified atom stereocenters. The Bertz CT molecular complexity index is 1330. The van der Waals surface area contributed by atoms with Gasteiger partial charge in [-0.15, -0.1) is 0 Å². The number of rotatable bonds is 6. The van der Waals surface area contributed by atoms with Gasteiger partial charge < -0.3 is 23.0 Å². The van der Waals surface area contributed by atoms with Crippen molar-refractivity contribution in [2.45, 2.75) is 26.9 Å². The molecule has 0 aliphatic heterocycles. The van der Waals surface area contributed by atoms with Gasteiger partial charge in [-0.2, -0.15) is 0 Å². The Morgan fingerprint density at radius 3 is 2.65 bits per heavy atom. The van der Waals surface area contributed by atoms with E-state index < -0.39 is 17.7 Å². The maximum atomic E-state index is 12.2. The summed E-state index contributed by atoms with van der Waals surface area (Å²) in [5, 5.41) is 1.46. The third kappa shape index (κ3) is 3.86. The molecular formula is C24H22O7. The molecule has 0 saturated carbocycles. The molecule has 0 amide bonds. The van der Waals surface area contributed by atoms with Crippen LogP contribution in [0.1, 0.15) is 19.4 Å². The van der Waals surface area contributed by atoms with Crippen molar-refractivity contribution in [2.24, 2.45) is 0 Å². The second kappa shape index (κ2) is 8.18. The number of ether oxygens (including phenoxy) is 3. The standard InChI is InChI=1S/C24H22O7/c1-5-28-24(26)14(3)29-19-11-16-17(12-22(25)30-20(16)9-13(19)2)21-10-15-7-6-8-18(27-4)23(15)31-21/h6-12,14H,5H2,1-4H3. The monoisotopic (exact) mass is 422 g/mol. The van der Waals surface area contributed by atoms with Crippen LogP contribution in [0.2, 0.25) is 0 Å². The van der Waals surface area contributed by atoms with Gasteiger partial charge in [-0.1, -0.05) is 12.1 Å². The molecule has 2 heterocycles. The predicted octanol–water partition coefficient (Wildman–Crippen LogP) is 4.85. The summed E-state index contributed by atoms with van der Waals surface area (Å²) in [5.74, 6) is 1.12. The van der Waals surface area contributed by atoms with Crippen LogP contribution in [-0.4, -0.2) is 25.8 Å².